The van der Waals surface area contributed by atoms with Crippen molar-refractivity contribution in [3.8, 4) is 5.75 Å². The van der Waals surface area contributed by atoms with Crippen LogP contribution in [0, 0.1) is 0 Å². The molecule has 0 saturated carbocycles. The van der Waals surface area contributed by atoms with Crippen molar-refractivity contribution < 1.29 is 17.9 Å². The molecule has 0 radical (unpaired) electrons. The monoisotopic (exact) mass is 348 g/mol. The lowest BCUT2D eigenvalue weighted by atomic mass is 10.1. The molecule has 0 atom stereocenters. The van der Waals surface area contributed by atoms with Crippen molar-refractivity contribution >= 4 is 33.2 Å². The molecule has 0 heterocycles. The van der Waals surface area contributed by atoms with Gasteiger partial charge in [-0.05, 0) is 39.0 Å². The average molecular weight is 349 g/mol. The summed E-state index contributed by atoms with van der Waals surface area (Å²) in [5, 5.41) is 5.83. The number of ether oxygens (including phenoxy) is 1. The van der Waals surface area contributed by atoms with E-state index >= 15 is 0 Å². The summed E-state index contributed by atoms with van der Waals surface area (Å²) >= 11 is 5.92. The molecule has 0 aliphatic carbocycles. The van der Waals surface area contributed by atoms with Crippen molar-refractivity contribution in [2.24, 2.45) is 0 Å². The molecule has 2 amide bonds. The van der Waals surface area contributed by atoms with Gasteiger partial charge in [0.2, 0.25) is 0 Å². The lowest BCUT2D eigenvalue weighted by Gasteiger charge is -2.21. The molecule has 1 aromatic rings. The molecule has 0 aliphatic heterocycles. The minimum atomic E-state index is -3.11. The first kappa shape index (κ1) is 18.6. The van der Waals surface area contributed by atoms with Gasteiger partial charge in [-0.25, -0.2) is 13.2 Å². The Hall–Kier alpha value is -1.47. The molecule has 0 saturated heterocycles. The molecular weight excluding hydrogens is 328 g/mol. The van der Waals surface area contributed by atoms with Gasteiger partial charge >= 0.3 is 6.03 Å². The molecule has 1 rings (SSSR count). The predicted molar refractivity (Wildman–Crippen MR) is 88.6 cm³/mol. The fourth-order valence-corrected chi connectivity index (χ4v) is 2.08. The predicted octanol–water partition coefficient (Wildman–Crippen LogP) is 2.68. The lowest BCUT2D eigenvalue weighted by Crippen LogP contribution is -2.43. The summed E-state index contributed by atoms with van der Waals surface area (Å²) in [6, 6.07) is 4.32. The van der Waals surface area contributed by atoms with E-state index in [9.17, 15) is 13.2 Å². The largest absolute Gasteiger partial charge is 0.490 e. The minimum absolute atomic E-state index is 0.00393. The highest BCUT2D eigenvalue weighted by Crippen LogP contribution is 2.28. The Labute approximate surface area is 136 Å². The van der Waals surface area contributed by atoms with Crippen LogP contribution >= 0.6 is 11.6 Å². The first-order valence-corrected chi connectivity index (χ1v) is 9.09. The second kappa shape index (κ2) is 7.19. The SMILES string of the molecule is CC(C)(C)NC(=O)Nc1cc(Cl)ccc1OCCS(C)(=O)=O. The summed E-state index contributed by atoms with van der Waals surface area (Å²) in [5.74, 6) is 0.251. The third-order valence-electron chi connectivity index (χ3n) is 2.39. The fourth-order valence-electron chi connectivity index (χ4n) is 1.52. The molecule has 1 aromatic carbocycles. The van der Waals surface area contributed by atoms with Gasteiger partial charge in [0.05, 0.1) is 11.4 Å². The lowest BCUT2D eigenvalue weighted by molar-refractivity contribution is 0.243. The van der Waals surface area contributed by atoms with Gasteiger partial charge in [0.15, 0.2) is 9.84 Å². The van der Waals surface area contributed by atoms with Crippen LogP contribution in [0.4, 0.5) is 10.5 Å². The van der Waals surface area contributed by atoms with Gasteiger partial charge in [-0.1, -0.05) is 11.6 Å². The van der Waals surface area contributed by atoms with Crippen LogP contribution in [0.3, 0.4) is 0 Å². The fraction of sp³-hybridized carbons (Fsp3) is 0.500. The zero-order valence-corrected chi connectivity index (χ0v) is 14.6. The van der Waals surface area contributed by atoms with Crippen molar-refractivity contribution in [3.05, 3.63) is 23.2 Å². The molecule has 0 unspecified atom stereocenters. The third kappa shape index (κ3) is 7.51. The molecule has 124 valence electrons. The Morgan fingerprint density at radius 2 is 1.95 bits per heavy atom. The molecule has 2 N–H and O–H groups in total. The Bertz CT molecular complexity index is 639. The van der Waals surface area contributed by atoms with Crippen molar-refractivity contribution in [1.29, 1.82) is 0 Å². The average Bonchev–Trinajstić information content (AvgIpc) is 2.27. The first-order valence-electron chi connectivity index (χ1n) is 6.65. The molecule has 0 fully saturated rings. The molecule has 22 heavy (non-hydrogen) atoms. The van der Waals surface area contributed by atoms with Crippen LogP contribution in [-0.2, 0) is 9.84 Å². The van der Waals surface area contributed by atoms with Crippen LogP contribution in [0.5, 0.6) is 5.75 Å². The highest BCUT2D eigenvalue weighted by atomic mass is 35.5. The third-order valence-corrected chi connectivity index (χ3v) is 3.53. The standard InChI is InChI=1S/C14H21ClN2O4S/c1-14(2,3)17-13(18)16-11-9-10(15)5-6-12(11)21-7-8-22(4,19)20/h5-6,9H,7-8H2,1-4H3,(H2,16,17,18). The van der Waals surface area contributed by atoms with Crippen LogP contribution in [0.2, 0.25) is 5.02 Å². The molecule has 0 bridgehead atoms. The number of urea groups is 1. The van der Waals surface area contributed by atoms with Crippen molar-refractivity contribution in [2.75, 3.05) is 23.9 Å². The number of anilines is 1. The number of benzene rings is 1. The number of carbonyl (C=O) groups is 1. The number of halogens is 1. The highest BCUT2D eigenvalue weighted by Gasteiger charge is 2.15. The van der Waals surface area contributed by atoms with Gasteiger partial charge in [0.25, 0.3) is 0 Å². The van der Waals surface area contributed by atoms with Crippen LogP contribution < -0.4 is 15.4 Å². The maximum atomic E-state index is 11.9. The molecule has 0 aliphatic rings. The number of hydrogen-bond donors (Lipinski definition) is 2. The van der Waals surface area contributed by atoms with E-state index in [-0.39, 0.29) is 17.9 Å². The zero-order chi connectivity index (χ0) is 17.0. The van der Waals surface area contributed by atoms with Gasteiger partial charge in [0, 0.05) is 16.8 Å². The van der Waals surface area contributed by atoms with E-state index in [1.165, 1.54) is 0 Å². The zero-order valence-electron chi connectivity index (χ0n) is 13.1. The number of carbonyl (C=O) groups excluding carboxylic acids is 1. The smallest absolute Gasteiger partial charge is 0.319 e. The normalized spacial score (nSPS) is 11.9. The van der Waals surface area contributed by atoms with E-state index in [2.05, 4.69) is 10.6 Å². The Kier molecular flexibility index (Phi) is 6.08. The minimum Gasteiger partial charge on any atom is -0.490 e. The van der Waals surface area contributed by atoms with E-state index < -0.39 is 15.9 Å². The van der Waals surface area contributed by atoms with Crippen LogP contribution in [0.15, 0.2) is 18.2 Å². The van der Waals surface area contributed by atoms with Gasteiger partial charge in [-0.2, -0.15) is 0 Å². The Balaban J connectivity index is 2.80. The number of rotatable bonds is 5. The van der Waals surface area contributed by atoms with Gasteiger partial charge in [-0.3, -0.25) is 0 Å². The van der Waals surface area contributed by atoms with Crippen LogP contribution in [-0.4, -0.2) is 38.6 Å². The van der Waals surface area contributed by atoms with Crippen molar-refractivity contribution in [3.63, 3.8) is 0 Å². The first-order chi connectivity index (χ1) is 9.96. The van der Waals surface area contributed by atoms with Crippen molar-refractivity contribution in [1.82, 2.24) is 5.32 Å². The molecular formula is C14H21ClN2O4S. The van der Waals surface area contributed by atoms with Crippen LogP contribution in [0.1, 0.15) is 20.8 Å². The van der Waals surface area contributed by atoms with Gasteiger partial charge < -0.3 is 15.4 Å². The Morgan fingerprint density at radius 3 is 2.50 bits per heavy atom. The second-order valence-electron chi connectivity index (χ2n) is 5.95. The summed E-state index contributed by atoms with van der Waals surface area (Å²) in [7, 11) is -3.11. The maximum Gasteiger partial charge on any atom is 0.319 e. The summed E-state index contributed by atoms with van der Waals surface area (Å²) in [6.07, 6.45) is 1.13. The van der Waals surface area contributed by atoms with E-state index in [4.69, 9.17) is 16.3 Å². The molecule has 0 aromatic heterocycles. The summed E-state index contributed by atoms with van der Waals surface area (Å²) < 4.78 is 27.6. The number of nitrogens with one attached hydrogen (secondary N) is 2. The summed E-state index contributed by atoms with van der Waals surface area (Å²) in [4.78, 5) is 11.9. The van der Waals surface area contributed by atoms with E-state index in [1.807, 2.05) is 20.8 Å². The number of hydrogen-bond acceptors (Lipinski definition) is 4. The van der Waals surface area contributed by atoms with Gasteiger partial charge in [-0.15, -0.1) is 0 Å². The highest BCUT2D eigenvalue weighted by molar-refractivity contribution is 7.90. The quantitative estimate of drug-likeness (QED) is 0.856. The summed E-state index contributed by atoms with van der Waals surface area (Å²) in [6.45, 7) is 5.56. The molecule has 0 spiro atoms. The van der Waals surface area contributed by atoms with Gasteiger partial charge in [0.1, 0.15) is 12.4 Å². The molecule has 6 nitrogen and oxygen atoms in total. The maximum absolute atomic E-state index is 11.9. The van der Waals surface area contributed by atoms with E-state index in [0.717, 1.165) is 6.26 Å². The molecule has 8 heteroatoms. The number of amides is 2. The van der Waals surface area contributed by atoms with E-state index in [1.54, 1.807) is 18.2 Å². The second-order valence-corrected chi connectivity index (χ2v) is 8.64. The van der Waals surface area contributed by atoms with Crippen LogP contribution in [0.25, 0.3) is 0 Å². The Morgan fingerprint density at radius 1 is 1.32 bits per heavy atom. The van der Waals surface area contributed by atoms with E-state index in [0.29, 0.717) is 16.5 Å². The summed E-state index contributed by atoms with van der Waals surface area (Å²) in [5.41, 5.74) is -0.0114. The number of sulfone groups is 1. The van der Waals surface area contributed by atoms with Crippen molar-refractivity contribution in [2.45, 2.75) is 26.3 Å². The topological polar surface area (TPSA) is 84.5 Å².